The molecule has 0 atom stereocenters. The highest BCUT2D eigenvalue weighted by atomic mass is 32.2. The maximum atomic E-state index is 4.32. The second-order valence-corrected chi connectivity index (χ2v) is 6.28. The molecule has 0 radical (unpaired) electrons. The van der Waals surface area contributed by atoms with Crippen LogP contribution in [0.15, 0.2) is 18.3 Å². The van der Waals surface area contributed by atoms with E-state index in [0.29, 0.717) is 4.75 Å². The van der Waals surface area contributed by atoms with Gasteiger partial charge in [-0.3, -0.25) is 4.98 Å². The van der Waals surface area contributed by atoms with Crippen molar-refractivity contribution in [3.8, 4) is 0 Å². The SMILES string of the molecule is CSC1(CNCc2ccc(C)nc2)CCCC1. The lowest BCUT2D eigenvalue weighted by atomic mass is 10.1. The zero-order valence-corrected chi connectivity index (χ0v) is 11.6. The third kappa shape index (κ3) is 3.46. The molecule has 1 fully saturated rings. The Labute approximate surface area is 109 Å². The van der Waals surface area contributed by atoms with E-state index in [1.165, 1.54) is 31.2 Å². The Morgan fingerprint density at radius 3 is 2.71 bits per heavy atom. The average Bonchev–Trinajstić information content (AvgIpc) is 2.81. The van der Waals surface area contributed by atoms with Crippen LogP contribution in [0, 0.1) is 6.92 Å². The van der Waals surface area contributed by atoms with Gasteiger partial charge in [-0.05, 0) is 37.7 Å². The monoisotopic (exact) mass is 250 g/mol. The van der Waals surface area contributed by atoms with Crippen LogP contribution in [0.3, 0.4) is 0 Å². The maximum Gasteiger partial charge on any atom is 0.0372 e. The highest BCUT2D eigenvalue weighted by Gasteiger charge is 2.32. The van der Waals surface area contributed by atoms with E-state index in [4.69, 9.17) is 0 Å². The first-order valence-corrected chi connectivity index (χ1v) is 7.64. The summed E-state index contributed by atoms with van der Waals surface area (Å²) in [7, 11) is 0. The molecular formula is C14H22N2S. The smallest absolute Gasteiger partial charge is 0.0372 e. The molecule has 3 heteroatoms. The molecule has 0 spiro atoms. The lowest BCUT2D eigenvalue weighted by molar-refractivity contribution is 0.533. The van der Waals surface area contributed by atoms with E-state index in [1.54, 1.807) is 0 Å². The van der Waals surface area contributed by atoms with Crippen LogP contribution in [0.4, 0.5) is 0 Å². The number of nitrogens with one attached hydrogen (secondary N) is 1. The van der Waals surface area contributed by atoms with Gasteiger partial charge in [0, 0.05) is 29.7 Å². The van der Waals surface area contributed by atoms with Crippen LogP contribution in [-0.2, 0) is 6.54 Å². The highest BCUT2D eigenvalue weighted by molar-refractivity contribution is 8.00. The molecule has 0 amide bonds. The predicted molar refractivity (Wildman–Crippen MR) is 75.4 cm³/mol. The molecule has 0 saturated heterocycles. The summed E-state index contributed by atoms with van der Waals surface area (Å²) in [5, 5.41) is 3.59. The Balaban J connectivity index is 1.80. The molecule has 0 aliphatic heterocycles. The Morgan fingerprint density at radius 2 is 2.12 bits per heavy atom. The molecule has 1 N–H and O–H groups in total. The van der Waals surface area contributed by atoms with Gasteiger partial charge in [0.15, 0.2) is 0 Å². The number of pyridine rings is 1. The highest BCUT2D eigenvalue weighted by Crippen LogP contribution is 2.39. The molecule has 0 unspecified atom stereocenters. The molecule has 1 aliphatic rings. The number of aromatic nitrogens is 1. The van der Waals surface area contributed by atoms with Gasteiger partial charge < -0.3 is 5.32 Å². The predicted octanol–water partition coefficient (Wildman–Crippen LogP) is 3.16. The van der Waals surface area contributed by atoms with Crippen molar-refractivity contribution in [1.82, 2.24) is 10.3 Å². The van der Waals surface area contributed by atoms with E-state index in [2.05, 4.69) is 28.7 Å². The van der Waals surface area contributed by atoms with Crippen molar-refractivity contribution < 1.29 is 0 Å². The van der Waals surface area contributed by atoms with Gasteiger partial charge in [0.2, 0.25) is 0 Å². The van der Waals surface area contributed by atoms with Crippen molar-refractivity contribution in [1.29, 1.82) is 0 Å². The van der Waals surface area contributed by atoms with E-state index in [-0.39, 0.29) is 0 Å². The molecule has 0 aromatic carbocycles. The topological polar surface area (TPSA) is 24.9 Å². The van der Waals surface area contributed by atoms with Crippen LogP contribution in [0.2, 0.25) is 0 Å². The van der Waals surface area contributed by atoms with Crippen molar-refractivity contribution in [3.63, 3.8) is 0 Å². The number of nitrogens with zero attached hydrogens (tertiary/aromatic N) is 1. The Kier molecular flexibility index (Phi) is 4.46. The minimum absolute atomic E-state index is 0.498. The number of aryl methyl sites for hydroxylation is 1. The van der Waals surface area contributed by atoms with Crippen molar-refractivity contribution in [2.24, 2.45) is 0 Å². The first-order valence-electron chi connectivity index (χ1n) is 6.41. The summed E-state index contributed by atoms with van der Waals surface area (Å²) in [6, 6.07) is 4.24. The Bertz CT molecular complexity index is 342. The summed E-state index contributed by atoms with van der Waals surface area (Å²) in [5.74, 6) is 0. The van der Waals surface area contributed by atoms with Gasteiger partial charge in [-0.25, -0.2) is 0 Å². The van der Waals surface area contributed by atoms with Crippen LogP contribution < -0.4 is 5.32 Å². The molecule has 1 heterocycles. The summed E-state index contributed by atoms with van der Waals surface area (Å²) in [6.07, 6.45) is 9.76. The summed E-state index contributed by atoms with van der Waals surface area (Å²) in [5.41, 5.74) is 2.37. The van der Waals surface area contributed by atoms with Gasteiger partial charge in [-0.15, -0.1) is 0 Å². The minimum atomic E-state index is 0.498. The third-order valence-corrected chi connectivity index (χ3v) is 5.12. The molecule has 2 rings (SSSR count). The molecule has 1 aliphatic carbocycles. The molecular weight excluding hydrogens is 228 g/mol. The van der Waals surface area contributed by atoms with Crippen molar-refractivity contribution in [2.75, 3.05) is 12.8 Å². The fourth-order valence-electron chi connectivity index (χ4n) is 2.51. The van der Waals surface area contributed by atoms with E-state index in [0.717, 1.165) is 18.8 Å². The Hall–Kier alpha value is -0.540. The third-order valence-electron chi connectivity index (χ3n) is 3.70. The summed E-state index contributed by atoms with van der Waals surface area (Å²) >= 11 is 2.04. The number of hydrogen-bond acceptors (Lipinski definition) is 3. The average molecular weight is 250 g/mol. The van der Waals surface area contributed by atoms with E-state index >= 15 is 0 Å². The summed E-state index contributed by atoms with van der Waals surface area (Å²) < 4.78 is 0.498. The van der Waals surface area contributed by atoms with Crippen molar-refractivity contribution >= 4 is 11.8 Å². The normalized spacial score (nSPS) is 18.5. The fourth-order valence-corrected chi connectivity index (χ4v) is 3.45. The quantitative estimate of drug-likeness (QED) is 0.869. The summed E-state index contributed by atoms with van der Waals surface area (Å²) in [6.45, 7) is 4.09. The fraction of sp³-hybridized carbons (Fsp3) is 0.643. The van der Waals surface area contributed by atoms with E-state index in [9.17, 15) is 0 Å². The second-order valence-electron chi connectivity index (χ2n) is 5.01. The van der Waals surface area contributed by atoms with Crippen LogP contribution in [0.5, 0.6) is 0 Å². The van der Waals surface area contributed by atoms with Crippen LogP contribution in [-0.4, -0.2) is 22.5 Å². The number of hydrogen-bond donors (Lipinski definition) is 1. The minimum Gasteiger partial charge on any atom is -0.311 e. The van der Waals surface area contributed by atoms with E-state index in [1.807, 2.05) is 24.9 Å². The van der Waals surface area contributed by atoms with Gasteiger partial charge in [0.05, 0.1) is 0 Å². The van der Waals surface area contributed by atoms with Crippen molar-refractivity contribution in [3.05, 3.63) is 29.6 Å². The van der Waals surface area contributed by atoms with Crippen LogP contribution in [0.1, 0.15) is 36.9 Å². The maximum absolute atomic E-state index is 4.32. The number of thioether (sulfide) groups is 1. The first kappa shape index (κ1) is 12.9. The largest absolute Gasteiger partial charge is 0.311 e. The van der Waals surface area contributed by atoms with Gasteiger partial charge in [0.1, 0.15) is 0 Å². The molecule has 1 aromatic rings. The molecule has 0 bridgehead atoms. The zero-order chi connectivity index (χ0) is 12.1. The van der Waals surface area contributed by atoms with Gasteiger partial charge >= 0.3 is 0 Å². The lowest BCUT2D eigenvalue weighted by Crippen LogP contribution is -2.34. The van der Waals surface area contributed by atoms with Crippen LogP contribution >= 0.6 is 11.8 Å². The van der Waals surface area contributed by atoms with Crippen LogP contribution in [0.25, 0.3) is 0 Å². The van der Waals surface area contributed by atoms with Gasteiger partial charge in [-0.1, -0.05) is 18.9 Å². The Morgan fingerprint density at radius 1 is 1.35 bits per heavy atom. The van der Waals surface area contributed by atoms with Gasteiger partial charge in [-0.2, -0.15) is 11.8 Å². The second kappa shape index (κ2) is 5.87. The first-order chi connectivity index (χ1) is 8.24. The van der Waals surface area contributed by atoms with Crippen molar-refractivity contribution in [2.45, 2.75) is 43.9 Å². The number of rotatable bonds is 5. The molecule has 1 saturated carbocycles. The zero-order valence-electron chi connectivity index (χ0n) is 10.8. The lowest BCUT2D eigenvalue weighted by Gasteiger charge is -2.27. The molecule has 17 heavy (non-hydrogen) atoms. The van der Waals surface area contributed by atoms with Gasteiger partial charge in [0.25, 0.3) is 0 Å². The molecule has 1 aromatic heterocycles. The standard InChI is InChI=1S/C14H22N2S/c1-12-5-6-13(10-16-12)9-15-11-14(17-2)7-3-4-8-14/h5-6,10,15H,3-4,7-9,11H2,1-2H3. The van der Waals surface area contributed by atoms with E-state index < -0.39 is 0 Å². The molecule has 94 valence electrons. The summed E-state index contributed by atoms with van der Waals surface area (Å²) in [4.78, 5) is 4.32. The molecule has 2 nitrogen and oxygen atoms in total.